The Morgan fingerprint density at radius 1 is 1.08 bits per heavy atom. The first kappa shape index (κ1) is 22.6. The van der Waals surface area contributed by atoms with Crippen LogP contribution < -0.4 is 5.32 Å². The molecule has 5 unspecified atom stereocenters. The molecule has 3 saturated heterocycles. The van der Waals surface area contributed by atoms with E-state index in [2.05, 4.69) is 27.2 Å². The van der Waals surface area contributed by atoms with Gasteiger partial charge in [-0.05, 0) is 111 Å². The maximum absolute atomic E-state index is 13.7. The summed E-state index contributed by atoms with van der Waals surface area (Å²) in [6.45, 7) is 4.38. The minimum atomic E-state index is 0.0831. The van der Waals surface area contributed by atoms with Crippen LogP contribution in [0.25, 0.3) is 0 Å². The van der Waals surface area contributed by atoms with E-state index in [1.165, 1.54) is 49.8 Å². The van der Waals surface area contributed by atoms with Crippen LogP contribution in [0.3, 0.4) is 0 Å². The quantitative estimate of drug-likeness (QED) is 0.662. The maximum atomic E-state index is 13.7. The van der Waals surface area contributed by atoms with Gasteiger partial charge in [0.25, 0.3) is 5.91 Å². The summed E-state index contributed by atoms with van der Waals surface area (Å²) in [6.07, 6.45) is 9.81. The van der Waals surface area contributed by atoms with Crippen LogP contribution in [-0.4, -0.2) is 65.1 Å². The number of hydrogen-bond donors (Lipinski definition) is 2. The first-order valence-corrected chi connectivity index (χ1v) is 14.8. The Kier molecular flexibility index (Phi) is 4.93. The number of fused-ring (bicyclic) bond motifs is 1. The SMILES string of the molecule is O=C(c1ccccc1)N1C[C@H]2CC34CCC1C2C31CCN(C[C@H]2CCCCN2)C4Cc2ccc(O)cc21. The van der Waals surface area contributed by atoms with Crippen LogP contribution in [0.5, 0.6) is 5.75 Å². The number of nitrogens with one attached hydrogen (secondary N) is 1. The van der Waals surface area contributed by atoms with Gasteiger partial charge in [0.1, 0.15) is 5.75 Å². The largest absolute Gasteiger partial charge is 0.508 e. The van der Waals surface area contributed by atoms with Crippen molar-refractivity contribution >= 4 is 5.91 Å². The van der Waals surface area contributed by atoms with Gasteiger partial charge in [-0.1, -0.05) is 30.7 Å². The Morgan fingerprint density at radius 3 is 2.81 bits per heavy atom. The Labute approximate surface area is 220 Å². The topological polar surface area (TPSA) is 55.8 Å². The smallest absolute Gasteiger partial charge is 0.254 e. The molecule has 1 amide bonds. The third-order valence-electron chi connectivity index (χ3n) is 11.7. The van der Waals surface area contributed by atoms with E-state index in [-0.39, 0.29) is 16.7 Å². The summed E-state index contributed by atoms with van der Waals surface area (Å²) in [5.41, 5.74) is 4.07. The number of nitrogens with zero attached hydrogens (tertiary/aromatic N) is 2. The fraction of sp³-hybridized carbons (Fsp3) is 0.594. The molecule has 2 aromatic rings. The predicted molar refractivity (Wildman–Crippen MR) is 144 cm³/mol. The van der Waals surface area contributed by atoms with Gasteiger partial charge >= 0.3 is 0 Å². The van der Waals surface area contributed by atoms with E-state index in [0.29, 0.717) is 35.7 Å². The number of carbonyl (C=O) groups is 1. The van der Waals surface area contributed by atoms with Gasteiger partial charge < -0.3 is 15.3 Å². The molecular formula is C32H39N3O2. The van der Waals surface area contributed by atoms with E-state index in [1.54, 1.807) is 0 Å². The lowest BCUT2D eigenvalue weighted by Crippen LogP contribution is -2.70. The lowest BCUT2D eigenvalue weighted by molar-refractivity contribution is -0.103. The Morgan fingerprint density at radius 2 is 1.97 bits per heavy atom. The van der Waals surface area contributed by atoms with Gasteiger partial charge in [0.2, 0.25) is 0 Å². The summed E-state index contributed by atoms with van der Waals surface area (Å²) in [6, 6.07) is 17.7. The van der Waals surface area contributed by atoms with Crippen molar-refractivity contribution < 1.29 is 9.90 Å². The van der Waals surface area contributed by atoms with Crippen LogP contribution in [-0.2, 0) is 11.8 Å². The fourth-order valence-electron chi connectivity index (χ4n) is 10.7. The fourth-order valence-corrected chi connectivity index (χ4v) is 10.7. The molecule has 6 aliphatic rings. The number of phenolic OH excluding ortho intramolecular Hbond substituents is 1. The lowest BCUT2D eigenvalue weighted by Gasteiger charge is -2.66. The van der Waals surface area contributed by atoms with Crippen molar-refractivity contribution in [1.29, 1.82) is 0 Å². The molecule has 0 spiro atoms. The molecule has 5 fully saturated rings. The first-order valence-electron chi connectivity index (χ1n) is 14.8. The zero-order valence-electron chi connectivity index (χ0n) is 21.7. The molecule has 2 aromatic carbocycles. The molecule has 3 aliphatic carbocycles. The molecule has 194 valence electrons. The summed E-state index contributed by atoms with van der Waals surface area (Å²) < 4.78 is 0. The molecular weight excluding hydrogens is 458 g/mol. The number of aromatic hydroxyl groups is 1. The Hall–Kier alpha value is -2.37. The van der Waals surface area contributed by atoms with E-state index in [1.807, 2.05) is 36.4 Å². The van der Waals surface area contributed by atoms with Crippen LogP contribution in [0.1, 0.15) is 66.4 Å². The molecule has 3 aliphatic heterocycles. The molecule has 2 N–H and O–H groups in total. The molecule has 5 heteroatoms. The first-order chi connectivity index (χ1) is 18.1. The molecule has 2 saturated carbocycles. The Balaban J connectivity index is 1.21. The minimum absolute atomic E-state index is 0.0831. The van der Waals surface area contributed by atoms with Gasteiger partial charge in [-0.2, -0.15) is 0 Å². The maximum Gasteiger partial charge on any atom is 0.254 e. The Bertz CT molecular complexity index is 1230. The lowest BCUT2D eigenvalue weighted by atomic mass is 9.43. The van der Waals surface area contributed by atoms with E-state index >= 15 is 0 Å². The second-order valence-electron chi connectivity index (χ2n) is 13.0. The number of benzene rings is 2. The summed E-state index contributed by atoms with van der Waals surface area (Å²) in [7, 11) is 0. The van der Waals surface area contributed by atoms with E-state index in [4.69, 9.17) is 0 Å². The van der Waals surface area contributed by atoms with Crippen LogP contribution in [0.4, 0.5) is 0 Å². The average Bonchev–Trinajstić information content (AvgIpc) is 3.38. The summed E-state index contributed by atoms with van der Waals surface area (Å²) in [5, 5.41) is 14.5. The molecule has 4 bridgehead atoms. The minimum Gasteiger partial charge on any atom is -0.508 e. The average molecular weight is 498 g/mol. The van der Waals surface area contributed by atoms with Gasteiger partial charge in [0.15, 0.2) is 0 Å². The van der Waals surface area contributed by atoms with Crippen molar-refractivity contribution in [3.63, 3.8) is 0 Å². The number of amides is 1. The van der Waals surface area contributed by atoms with E-state index in [0.717, 1.165) is 44.5 Å². The number of phenols is 1. The molecule has 7 atom stereocenters. The van der Waals surface area contributed by atoms with Gasteiger partial charge in [-0.15, -0.1) is 0 Å². The monoisotopic (exact) mass is 497 g/mol. The molecule has 8 rings (SSSR count). The molecule has 3 heterocycles. The number of rotatable bonds is 3. The van der Waals surface area contributed by atoms with Gasteiger partial charge in [0.05, 0.1) is 0 Å². The van der Waals surface area contributed by atoms with E-state index < -0.39 is 0 Å². The zero-order valence-corrected chi connectivity index (χ0v) is 21.7. The van der Waals surface area contributed by atoms with Gasteiger partial charge in [-0.25, -0.2) is 0 Å². The number of hydrogen-bond acceptors (Lipinski definition) is 4. The van der Waals surface area contributed by atoms with Crippen molar-refractivity contribution in [1.82, 2.24) is 15.1 Å². The van der Waals surface area contributed by atoms with Crippen molar-refractivity contribution in [2.24, 2.45) is 17.3 Å². The van der Waals surface area contributed by atoms with E-state index in [9.17, 15) is 9.90 Å². The highest BCUT2D eigenvalue weighted by Gasteiger charge is 2.76. The third kappa shape index (κ3) is 2.96. The van der Waals surface area contributed by atoms with Crippen LogP contribution in [0.2, 0.25) is 0 Å². The number of piperidine rings is 2. The zero-order chi connectivity index (χ0) is 24.8. The van der Waals surface area contributed by atoms with Crippen molar-refractivity contribution in [2.45, 2.75) is 74.9 Å². The predicted octanol–water partition coefficient (Wildman–Crippen LogP) is 4.34. The van der Waals surface area contributed by atoms with Crippen molar-refractivity contribution in [2.75, 3.05) is 26.2 Å². The van der Waals surface area contributed by atoms with Crippen LogP contribution in [0.15, 0.2) is 48.5 Å². The number of likely N-dealkylation sites (tertiary alicyclic amines) is 2. The normalized spacial score (nSPS) is 39.8. The highest BCUT2D eigenvalue weighted by Crippen LogP contribution is 2.75. The van der Waals surface area contributed by atoms with Gasteiger partial charge in [-0.3, -0.25) is 9.69 Å². The van der Waals surface area contributed by atoms with Crippen LogP contribution >= 0.6 is 0 Å². The standard InChI is InChI=1S/C32H39N3O2/c36-25-10-9-22-16-28-31-12-11-27-29(23(18-31)19-35(27)30(37)21-6-2-1-3-7-21)32(31,26(22)17-25)13-15-34(28)20-24-8-4-5-14-33-24/h1-3,6-7,9-10,17,23-24,27-29,33,36H,4-5,8,11-16,18-20H2/t23-,24-,27?,28?,29?,31?,32?/m1/s1. The summed E-state index contributed by atoms with van der Waals surface area (Å²) >= 11 is 0. The molecule has 37 heavy (non-hydrogen) atoms. The van der Waals surface area contributed by atoms with Gasteiger partial charge in [0, 0.05) is 42.2 Å². The highest BCUT2D eigenvalue weighted by molar-refractivity contribution is 5.94. The molecule has 0 radical (unpaired) electrons. The third-order valence-corrected chi connectivity index (χ3v) is 11.7. The molecule has 0 aromatic heterocycles. The summed E-state index contributed by atoms with van der Waals surface area (Å²) in [4.78, 5) is 18.9. The number of carbonyl (C=O) groups excluding carboxylic acids is 1. The van der Waals surface area contributed by atoms with Crippen molar-refractivity contribution in [3.8, 4) is 5.75 Å². The van der Waals surface area contributed by atoms with Crippen LogP contribution in [0, 0.1) is 17.3 Å². The summed E-state index contributed by atoms with van der Waals surface area (Å²) in [5.74, 6) is 1.69. The van der Waals surface area contributed by atoms with Crippen molar-refractivity contribution in [3.05, 3.63) is 65.2 Å². The second kappa shape index (κ2) is 8.07. The molecule has 5 nitrogen and oxygen atoms in total. The highest BCUT2D eigenvalue weighted by atomic mass is 16.3. The second-order valence-corrected chi connectivity index (χ2v) is 13.0.